The minimum Gasteiger partial charge on any atom is -0.478 e. The van der Waals surface area contributed by atoms with Gasteiger partial charge in [0, 0.05) is 16.8 Å². The number of ether oxygens (including phenoxy) is 1. The number of aromatic nitrogens is 1. The maximum atomic E-state index is 11.2. The fraction of sp³-hybridized carbons (Fsp3) is 0.250. The normalized spacial score (nSPS) is 10.7. The van der Waals surface area contributed by atoms with Gasteiger partial charge in [-0.15, -0.1) is 0 Å². The van der Waals surface area contributed by atoms with Gasteiger partial charge in [0.2, 0.25) is 5.88 Å². The lowest BCUT2D eigenvalue weighted by Gasteiger charge is -2.12. The van der Waals surface area contributed by atoms with Gasteiger partial charge in [-0.2, -0.15) is 0 Å². The summed E-state index contributed by atoms with van der Waals surface area (Å²) in [6.45, 7) is 5.77. The summed E-state index contributed by atoms with van der Waals surface area (Å²) < 4.78 is 5.71. The van der Waals surface area contributed by atoms with Crippen LogP contribution in [-0.2, 0) is 0 Å². The first-order valence-corrected chi connectivity index (χ1v) is 6.94. The largest absolute Gasteiger partial charge is 0.478 e. The molecule has 0 spiro atoms. The van der Waals surface area contributed by atoms with Crippen LogP contribution >= 0.6 is 11.6 Å². The van der Waals surface area contributed by atoms with E-state index in [1.807, 2.05) is 20.8 Å². The molecule has 0 aliphatic carbocycles. The van der Waals surface area contributed by atoms with Crippen molar-refractivity contribution in [2.45, 2.75) is 26.7 Å². The summed E-state index contributed by atoms with van der Waals surface area (Å²) in [7, 11) is 0. The van der Waals surface area contributed by atoms with Crippen molar-refractivity contribution in [3.63, 3.8) is 0 Å². The quantitative estimate of drug-likeness (QED) is 0.892. The number of aryl methyl sites for hydroxylation is 1. The van der Waals surface area contributed by atoms with Crippen molar-refractivity contribution in [2.75, 3.05) is 0 Å². The molecule has 0 saturated heterocycles. The first-order valence-electron chi connectivity index (χ1n) is 6.56. The molecule has 1 aromatic carbocycles. The van der Waals surface area contributed by atoms with Gasteiger partial charge in [-0.1, -0.05) is 25.4 Å². The number of carbonyl (C=O) groups is 1. The predicted molar refractivity (Wildman–Crippen MR) is 81.5 cm³/mol. The first kappa shape index (κ1) is 15.3. The van der Waals surface area contributed by atoms with Gasteiger partial charge < -0.3 is 9.84 Å². The fourth-order valence-electron chi connectivity index (χ4n) is 1.84. The van der Waals surface area contributed by atoms with Crippen LogP contribution in [0.3, 0.4) is 0 Å². The number of aromatic carboxylic acids is 1. The highest BCUT2D eigenvalue weighted by Gasteiger charge is 2.13. The summed E-state index contributed by atoms with van der Waals surface area (Å²) in [4.78, 5) is 15.5. The molecule has 1 aromatic heterocycles. The lowest BCUT2D eigenvalue weighted by atomic mass is 10.1. The zero-order valence-electron chi connectivity index (χ0n) is 12.1. The van der Waals surface area contributed by atoms with Crippen LogP contribution in [0.25, 0.3) is 0 Å². The maximum Gasteiger partial charge on any atom is 0.335 e. The molecule has 0 fully saturated rings. The van der Waals surface area contributed by atoms with Crippen molar-refractivity contribution >= 4 is 17.6 Å². The summed E-state index contributed by atoms with van der Waals surface area (Å²) in [6.07, 6.45) is 0. The Bertz CT molecular complexity index is 683. The van der Waals surface area contributed by atoms with Gasteiger partial charge in [-0.05, 0) is 42.7 Å². The molecular formula is C16H16ClNO3. The number of carboxylic acids is 1. The van der Waals surface area contributed by atoms with Crippen LogP contribution < -0.4 is 4.74 Å². The van der Waals surface area contributed by atoms with Gasteiger partial charge in [-0.25, -0.2) is 9.78 Å². The summed E-state index contributed by atoms with van der Waals surface area (Å²) in [5, 5.41) is 9.79. The van der Waals surface area contributed by atoms with Gasteiger partial charge in [0.25, 0.3) is 0 Å². The average Bonchev–Trinajstić information content (AvgIpc) is 2.41. The third-order valence-electron chi connectivity index (χ3n) is 3.01. The third-order valence-corrected chi connectivity index (χ3v) is 3.25. The Morgan fingerprint density at radius 1 is 1.29 bits per heavy atom. The number of carboxylic acid groups (broad SMARTS) is 1. The predicted octanol–water partition coefficient (Wildman–Crippen LogP) is 4.66. The van der Waals surface area contributed by atoms with Crippen molar-refractivity contribution in [3.05, 3.63) is 52.2 Å². The standard InChI is InChI=1S/C16H16ClNO3/c1-9(2)13-7-11(16(19)20)8-15(18-13)21-14-5-4-12(17)6-10(14)3/h4-9H,1-3H3,(H,19,20). The first-order chi connectivity index (χ1) is 9.86. The van der Waals surface area contributed by atoms with E-state index < -0.39 is 5.97 Å². The summed E-state index contributed by atoms with van der Waals surface area (Å²) in [5.74, 6) is -0.0249. The number of hydrogen-bond donors (Lipinski definition) is 1. The number of benzene rings is 1. The second-order valence-corrected chi connectivity index (χ2v) is 5.53. The summed E-state index contributed by atoms with van der Waals surface area (Å²) >= 11 is 5.90. The molecule has 0 bridgehead atoms. The molecule has 0 radical (unpaired) electrons. The Labute approximate surface area is 128 Å². The van der Waals surface area contributed by atoms with Gasteiger partial charge in [-0.3, -0.25) is 0 Å². The van der Waals surface area contributed by atoms with Crippen LogP contribution in [0, 0.1) is 6.92 Å². The van der Waals surface area contributed by atoms with Crippen molar-refractivity contribution in [2.24, 2.45) is 0 Å². The third kappa shape index (κ3) is 3.73. The highest BCUT2D eigenvalue weighted by molar-refractivity contribution is 6.30. The van der Waals surface area contributed by atoms with Crippen molar-refractivity contribution in [1.82, 2.24) is 4.98 Å². The SMILES string of the molecule is Cc1cc(Cl)ccc1Oc1cc(C(=O)O)cc(C(C)C)n1. The van der Waals surface area contributed by atoms with Crippen LogP contribution in [-0.4, -0.2) is 16.1 Å². The van der Waals surface area contributed by atoms with Crippen LogP contribution in [0.15, 0.2) is 30.3 Å². The van der Waals surface area contributed by atoms with Crippen LogP contribution in [0.1, 0.15) is 41.4 Å². The summed E-state index contributed by atoms with van der Waals surface area (Å²) in [5.41, 5.74) is 1.70. The zero-order chi connectivity index (χ0) is 15.6. The van der Waals surface area contributed by atoms with E-state index in [1.54, 1.807) is 24.3 Å². The second-order valence-electron chi connectivity index (χ2n) is 5.09. The molecule has 110 valence electrons. The number of rotatable bonds is 4. The Morgan fingerprint density at radius 3 is 2.57 bits per heavy atom. The van der Waals surface area contributed by atoms with E-state index in [-0.39, 0.29) is 17.4 Å². The van der Waals surface area contributed by atoms with E-state index in [2.05, 4.69) is 4.98 Å². The van der Waals surface area contributed by atoms with Crippen molar-refractivity contribution in [1.29, 1.82) is 0 Å². The molecule has 2 rings (SSSR count). The van der Waals surface area contributed by atoms with Crippen LogP contribution in [0.5, 0.6) is 11.6 Å². The molecular weight excluding hydrogens is 290 g/mol. The smallest absolute Gasteiger partial charge is 0.335 e. The van der Waals surface area contributed by atoms with E-state index in [0.717, 1.165) is 5.56 Å². The van der Waals surface area contributed by atoms with Gasteiger partial charge in [0.15, 0.2) is 0 Å². The van der Waals surface area contributed by atoms with Gasteiger partial charge >= 0.3 is 5.97 Å². The molecule has 0 unspecified atom stereocenters. The minimum atomic E-state index is -1.00. The molecule has 21 heavy (non-hydrogen) atoms. The zero-order valence-corrected chi connectivity index (χ0v) is 12.8. The number of halogens is 1. The molecule has 5 heteroatoms. The van der Waals surface area contributed by atoms with E-state index in [1.165, 1.54) is 6.07 Å². The molecule has 0 aliphatic rings. The number of nitrogens with zero attached hydrogens (tertiary/aromatic N) is 1. The van der Waals surface area contributed by atoms with Crippen LogP contribution in [0.4, 0.5) is 0 Å². The molecule has 4 nitrogen and oxygen atoms in total. The highest BCUT2D eigenvalue weighted by Crippen LogP contribution is 2.28. The van der Waals surface area contributed by atoms with Crippen LogP contribution in [0.2, 0.25) is 5.02 Å². The maximum absolute atomic E-state index is 11.2. The van der Waals surface area contributed by atoms with Gasteiger partial charge in [0.1, 0.15) is 5.75 Å². The second kappa shape index (κ2) is 6.14. The monoisotopic (exact) mass is 305 g/mol. The minimum absolute atomic E-state index is 0.109. The Hall–Kier alpha value is -2.07. The van der Waals surface area contributed by atoms with E-state index in [0.29, 0.717) is 16.5 Å². The topological polar surface area (TPSA) is 59.4 Å². The highest BCUT2D eigenvalue weighted by atomic mass is 35.5. The fourth-order valence-corrected chi connectivity index (χ4v) is 2.06. The molecule has 0 saturated carbocycles. The molecule has 1 N–H and O–H groups in total. The van der Waals surface area contributed by atoms with Crippen molar-refractivity contribution in [3.8, 4) is 11.6 Å². The van der Waals surface area contributed by atoms with E-state index >= 15 is 0 Å². The average molecular weight is 306 g/mol. The van der Waals surface area contributed by atoms with E-state index in [4.69, 9.17) is 16.3 Å². The number of hydrogen-bond acceptors (Lipinski definition) is 3. The lowest BCUT2D eigenvalue weighted by Crippen LogP contribution is -2.03. The van der Waals surface area contributed by atoms with E-state index in [9.17, 15) is 9.90 Å². The molecule has 0 atom stereocenters. The molecule has 0 aliphatic heterocycles. The Balaban J connectivity index is 2.41. The number of pyridine rings is 1. The Kier molecular flexibility index (Phi) is 4.48. The summed E-state index contributed by atoms with van der Waals surface area (Å²) in [6, 6.07) is 8.22. The van der Waals surface area contributed by atoms with Gasteiger partial charge in [0.05, 0.1) is 5.56 Å². The van der Waals surface area contributed by atoms with Crippen molar-refractivity contribution < 1.29 is 14.6 Å². The molecule has 0 amide bonds. The lowest BCUT2D eigenvalue weighted by molar-refractivity contribution is 0.0696. The molecule has 2 aromatic rings. The molecule has 1 heterocycles. The Morgan fingerprint density at radius 2 is 2.00 bits per heavy atom.